The van der Waals surface area contributed by atoms with Gasteiger partial charge >= 0.3 is 5.97 Å². The van der Waals surface area contributed by atoms with Gasteiger partial charge in [-0.25, -0.2) is 4.98 Å². The molecule has 1 amide bonds. The number of hydrogen-bond donors (Lipinski definition) is 0. The summed E-state index contributed by atoms with van der Waals surface area (Å²) in [5.41, 5.74) is 1.15. The zero-order chi connectivity index (χ0) is 16.7. The summed E-state index contributed by atoms with van der Waals surface area (Å²) < 4.78 is 4.94. The van der Waals surface area contributed by atoms with Crippen molar-refractivity contribution in [3.8, 4) is 12.3 Å². The van der Waals surface area contributed by atoms with Crippen molar-refractivity contribution >= 4 is 23.2 Å². The van der Waals surface area contributed by atoms with E-state index in [1.54, 1.807) is 12.3 Å². The Balaban J connectivity index is 2.19. The molecule has 0 aliphatic carbocycles. The Kier molecular flexibility index (Phi) is 5.89. The van der Waals surface area contributed by atoms with Gasteiger partial charge in [-0.1, -0.05) is 30.3 Å². The molecule has 2 rings (SSSR count). The Hall–Kier alpha value is -2.65. The van der Waals surface area contributed by atoms with E-state index in [-0.39, 0.29) is 24.8 Å². The first-order chi connectivity index (χ1) is 11.1. The summed E-state index contributed by atoms with van der Waals surface area (Å²) in [6.45, 7) is 2.15. The molecule has 0 unspecified atom stereocenters. The predicted octanol–water partition coefficient (Wildman–Crippen LogP) is 2.33. The van der Waals surface area contributed by atoms with Gasteiger partial charge in [-0.15, -0.1) is 17.8 Å². The number of ether oxygens (including phenoxy) is 1. The van der Waals surface area contributed by atoms with Gasteiger partial charge in [0.25, 0.3) is 5.91 Å². The molecule has 0 fully saturated rings. The monoisotopic (exact) mass is 328 g/mol. The number of terminal acetylenes is 1. The van der Waals surface area contributed by atoms with Crippen LogP contribution in [0.4, 0.5) is 0 Å². The molecular weight excluding hydrogens is 312 g/mol. The summed E-state index contributed by atoms with van der Waals surface area (Å²) in [5.74, 6) is 1.59. The SMILES string of the molecule is C#Cc1nc(C(=O)N(CC(=O)OCC)Cc2ccccc2)cs1. The maximum absolute atomic E-state index is 12.6. The number of hydrogen-bond acceptors (Lipinski definition) is 5. The lowest BCUT2D eigenvalue weighted by atomic mass is 10.2. The molecular formula is C17H16N2O3S. The number of rotatable bonds is 6. The van der Waals surface area contributed by atoms with Crippen molar-refractivity contribution in [1.82, 2.24) is 9.88 Å². The number of benzene rings is 1. The number of carbonyl (C=O) groups is 2. The van der Waals surface area contributed by atoms with Crippen LogP contribution in [0.5, 0.6) is 0 Å². The van der Waals surface area contributed by atoms with Crippen LogP contribution in [0.25, 0.3) is 0 Å². The molecule has 0 bridgehead atoms. The van der Waals surface area contributed by atoms with Crippen LogP contribution in [0.3, 0.4) is 0 Å². The predicted molar refractivity (Wildman–Crippen MR) is 87.9 cm³/mol. The first-order valence-electron chi connectivity index (χ1n) is 7.05. The molecule has 1 aromatic carbocycles. The van der Waals surface area contributed by atoms with Crippen molar-refractivity contribution in [2.24, 2.45) is 0 Å². The van der Waals surface area contributed by atoms with Gasteiger partial charge < -0.3 is 9.64 Å². The van der Waals surface area contributed by atoms with Crippen molar-refractivity contribution < 1.29 is 14.3 Å². The summed E-state index contributed by atoms with van der Waals surface area (Å²) in [4.78, 5) is 29.9. The Labute approximate surface area is 138 Å². The molecule has 0 atom stereocenters. The third-order valence-electron chi connectivity index (χ3n) is 2.98. The van der Waals surface area contributed by atoms with E-state index in [9.17, 15) is 9.59 Å². The molecule has 0 aliphatic heterocycles. The van der Waals surface area contributed by atoms with Gasteiger partial charge in [-0.05, 0) is 18.4 Å². The molecule has 0 saturated heterocycles. The van der Waals surface area contributed by atoms with Crippen molar-refractivity contribution in [3.05, 3.63) is 52.0 Å². The van der Waals surface area contributed by atoms with E-state index in [0.29, 0.717) is 11.6 Å². The number of nitrogens with zero attached hydrogens (tertiary/aromatic N) is 2. The maximum atomic E-state index is 12.6. The minimum absolute atomic E-state index is 0.134. The van der Waals surface area contributed by atoms with Crippen molar-refractivity contribution in [3.63, 3.8) is 0 Å². The number of carbonyl (C=O) groups excluding carboxylic acids is 2. The number of thiazole rings is 1. The minimum atomic E-state index is -0.454. The average Bonchev–Trinajstić information content (AvgIpc) is 3.04. The number of aromatic nitrogens is 1. The zero-order valence-electron chi connectivity index (χ0n) is 12.7. The molecule has 2 aromatic rings. The molecule has 1 aromatic heterocycles. The quantitative estimate of drug-likeness (QED) is 0.603. The maximum Gasteiger partial charge on any atom is 0.325 e. The summed E-state index contributed by atoms with van der Waals surface area (Å²) in [7, 11) is 0. The second-order valence-electron chi connectivity index (χ2n) is 4.63. The largest absolute Gasteiger partial charge is 0.465 e. The fourth-order valence-corrected chi connectivity index (χ4v) is 2.56. The normalized spacial score (nSPS) is 9.91. The Morgan fingerprint density at radius 2 is 2.09 bits per heavy atom. The minimum Gasteiger partial charge on any atom is -0.465 e. The highest BCUT2D eigenvalue weighted by Gasteiger charge is 2.22. The average molecular weight is 328 g/mol. The van der Waals surface area contributed by atoms with Crippen LogP contribution in [0.2, 0.25) is 0 Å². The van der Waals surface area contributed by atoms with Crippen LogP contribution >= 0.6 is 11.3 Å². The van der Waals surface area contributed by atoms with Crippen molar-refractivity contribution in [2.45, 2.75) is 13.5 Å². The Morgan fingerprint density at radius 1 is 1.35 bits per heavy atom. The van der Waals surface area contributed by atoms with Gasteiger partial charge in [0.1, 0.15) is 12.2 Å². The topological polar surface area (TPSA) is 59.5 Å². The lowest BCUT2D eigenvalue weighted by Crippen LogP contribution is -2.36. The van der Waals surface area contributed by atoms with Crippen LogP contribution in [-0.2, 0) is 16.1 Å². The second kappa shape index (κ2) is 8.11. The van der Waals surface area contributed by atoms with Gasteiger partial charge in [-0.2, -0.15) is 0 Å². The molecule has 5 nitrogen and oxygen atoms in total. The van der Waals surface area contributed by atoms with Crippen molar-refractivity contribution in [2.75, 3.05) is 13.2 Å². The lowest BCUT2D eigenvalue weighted by molar-refractivity contribution is -0.143. The Morgan fingerprint density at radius 3 is 2.70 bits per heavy atom. The molecule has 23 heavy (non-hydrogen) atoms. The van der Waals surface area contributed by atoms with E-state index in [2.05, 4.69) is 10.9 Å². The highest BCUT2D eigenvalue weighted by Crippen LogP contribution is 2.13. The molecule has 1 heterocycles. The number of amides is 1. The molecule has 0 aliphatic rings. The fourth-order valence-electron chi connectivity index (χ4n) is 1.97. The molecule has 0 spiro atoms. The van der Waals surface area contributed by atoms with Crippen LogP contribution in [0.1, 0.15) is 28.0 Å². The first kappa shape index (κ1) is 16.7. The highest BCUT2D eigenvalue weighted by molar-refractivity contribution is 7.10. The lowest BCUT2D eigenvalue weighted by Gasteiger charge is -2.21. The first-order valence-corrected chi connectivity index (χ1v) is 7.93. The molecule has 0 saturated carbocycles. The molecule has 0 radical (unpaired) electrons. The van der Waals surface area contributed by atoms with Gasteiger partial charge in [0, 0.05) is 11.9 Å². The van der Waals surface area contributed by atoms with Gasteiger partial charge in [0.05, 0.1) is 6.61 Å². The van der Waals surface area contributed by atoms with E-state index in [0.717, 1.165) is 5.56 Å². The summed E-state index contributed by atoms with van der Waals surface area (Å²) in [6, 6.07) is 9.42. The van der Waals surface area contributed by atoms with E-state index >= 15 is 0 Å². The molecule has 6 heteroatoms. The van der Waals surface area contributed by atoms with Crippen LogP contribution in [0.15, 0.2) is 35.7 Å². The zero-order valence-corrected chi connectivity index (χ0v) is 13.5. The van der Waals surface area contributed by atoms with Crippen LogP contribution in [0, 0.1) is 12.3 Å². The summed E-state index contributed by atoms with van der Waals surface area (Å²) in [5, 5.41) is 2.03. The van der Waals surface area contributed by atoms with Crippen LogP contribution in [-0.4, -0.2) is 34.9 Å². The van der Waals surface area contributed by atoms with Gasteiger partial charge in [-0.3, -0.25) is 9.59 Å². The molecule has 118 valence electrons. The standard InChI is InChI=1S/C17H16N2O3S/c1-3-15-18-14(12-23-15)17(21)19(11-16(20)22-4-2)10-13-8-6-5-7-9-13/h1,5-9,12H,4,10-11H2,2H3. The number of esters is 1. The van der Waals surface area contributed by atoms with Gasteiger partial charge in [0.2, 0.25) is 0 Å². The molecule has 0 N–H and O–H groups in total. The summed E-state index contributed by atoms with van der Waals surface area (Å²) in [6.07, 6.45) is 5.28. The van der Waals surface area contributed by atoms with E-state index in [1.807, 2.05) is 30.3 Å². The third kappa shape index (κ3) is 4.66. The smallest absolute Gasteiger partial charge is 0.325 e. The Bertz CT molecular complexity index is 719. The van der Waals surface area contributed by atoms with E-state index in [4.69, 9.17) is 11.2 Å². The second-order valence-corrected chi connectivity index (χ2v) is 5.49. The third-order valence-corrected chi connectivity index (χ3v) is 3.75. The van der Waals surface area contributed by atoms with Gasteiger partial charge in [0.15, 0.2) is 5.01 Å². The van der Waals surface area contributed by atoms with Crippen molar-refractivity contribution in [1.29, 1.82) is 0 Å². The summed E-state index contributed by atoms with van der Waals surface area (Å²) >= 11 is 1.22. The fraction of sp³-hybridized carbons (Fsp3) is 0.235. The van der Waals surface area contributed by atoms with E-state index in [1.165, 1.54) is 16.2 Å². The van der Waals surface area contributed by atoms with E-state index < -0.39 is 5.97 Å². The van der Waals surface area contributed by atoms with Crippen LogP contribution < -0.4 is 0 Å². The highest BCUT2D eigenvalue weighted by atomic mass is 32.1.